The lowest BCUT2D eigenvalue weighted by molar-refractivity contribution is 0.101. The molecule has 0 radical (unpaired) electrons. The number of benzene rings is 2. The third-order valence-corrected chi connectivity index (χ3v) is 5.54. The molecule has 7 nitrogen and oxygen atoms in total. The number of aliphatic hydroxyl groups is 1. The van der Waals surface area contributed by atoms with Gasteiger partial charge in [0, 0.05) is 17.0 Å². The number of hydrogen-bond acceptors (Lipinski definition) is 7. The molecule has 158 valence electrons. The standard InChI is InChI=1S/C22H25N3O4S/c1-14-6-5-7-18(10-14)25-16(3)23-24-22(25)30-13-19(27)12-29-20-9-8-17(15(2)26)11-21(20)28-4/h5-11,19,27H,12-13H2,1-4H3. The van der Waals surface area contributed by atoms with Crippen molar-refractivity contribution < 1.29 is 19.4 Å². The van der Waals surface area contributed by atoms with E-state index in [0.717, 1.165) is 17.1 Å². The first-order valence-electron chi connectivity index (χ1n) is 9.50. The van der Waals surface area contributed by atoms with Crippen LogP contribution in [-0.4, -0.2) is 51.2 Å². The Bertz CT molecular complexity index is 1030. The van der Waals surface area contributed by atoms with Gasteiger partial charge in [-0.3, -0.25) is 9.36 Å². The van der Waals surface area contributed by atoms with Crippen molar-refractivity contribution in [2.45, 2.75) is 32.0 Å². The molecule has 3 aromatic rings. The van der Waals surface area contributed by atoms with E-state index in [2.05, 4.69) is 16.3 Å². The lowest BCUT2D eigenvalue weighted by Gasteiger charge is -2.15. The number of Topliss-reactive ketones (excluding diaryl/α,β-unsaturated/α-hetero) is 1. The molecule has 3 rings (SSSR count). The van der Waals surface area contributed by atoms with E-state index in [9.17, 15) is 9.90 Å². The maximum absolute atomic E-state index is 11.5. The first kappa shape index (κ1) is 21.9. The molecule has 0 saturated carbocycles. The van der Waals surface area contributed by atoms with Gasteiger partial charge in [0.05, 0.1) is 13.2 Å². The van der Waals surface area contributed by atoms with E-state index in [1.807, 2.05) is 36.6 Å². The van der Waals surface area contributed by atoms with E-state index in [1.54, 1.807) is 18.2 Å². The summed E-state index contributed by atoms with van der Waals surface area (Å²) in [5.41, 5.74) is 2.68. The number of thioether (sulfide) groups is 1. The van der Waals surface area contributed by atoms with Crippen molar-refractivity contribution in [3.8, 4) is 17.2 Å². The number of hydrogen-bond donors (Lipinski definition) is 1. The Labute approximate surface area is 180 Å². The Hall–Kier alpha value is -2.84. The maximum Gasteiger partial charge on any atom is 0.195 e. The van der Waals surface area contributed by atoms with Gasteiger partial charge in [0.2, 0.25) is 0 Å². The lowest BCUT2D eigenvalue weighted by atomic mass is 10.1. The number of ether oxygens (including phenoxy) is 2. The van der Waals surface area contributed by atoms with Gasteiger partial charge in [-0.1, -0.05) is 23.9 Å². The van der Waals surface area contributed by atoms with Crippen LogP contribution in [0.25, 0.3) is 5.69 Å². The highest BCUT2D eigenvalue weighted by Gasteiger charge is 2.15. The summed E-state index contributed by atoms with van der Waals surface area (Å²) >= 11 is 1.41. The Balaban J connectivity index is 1.62. The summed E-state index contributed by atoms with van der Waals surface area (Å²) in [5.74, 6) is 2.05. The van der Waals surface area contributed by atoms with E-state index in [-0.39, 0.29) is 12.4 Å². The molecule has 0 aliphatic carbocycles. The fraction of sp³-hybridized carbons (Fsp3) is 0.318. The molecule has 0 fully saturated rings. The molecular formula is C22H25N3O4S. The van der Waals surface area contributed by atoms with E-state index in [1.165, 1.54) is 25.8 Å². The van der Waals surface area contributed by atoms with Gasteiger partial charge in [0.15, 0.2) is 22.4 Å². The molecule has 0 bridgehead atoms. The zero-order valence-corrected chi connectivity index (χ0v) is 18.3. The molecule has 0 spiro atoms. The normalized spacial score (nSPS) is 11.9. The number of rotatable bonds is 9. The molecule has 0 amide bonds. The summed E-state index contributed by atoms with van der Waals surface area (Å²) in [5, 5.41) is 19.5. The van der Waals surface area contributed by atoms with Crippen LogP contribution in [-0.2, 0) is 0 Å². The predicted octanol–water partition coefficient (Wildman–Crippen LogP) is 3.63. The topological polar surface area (TPSA) is 86.5 Å². The number of carbonyl (C=O) groups excluding carboxylic acids is 1. The van der Waals surface area contributed by atoms with Crippen LogP contribution < -0.4 is 9.47 Å². The van der Waals surface area contributed by atoms with E-state index in [4.69, 9.17) is 9.47 Å². The van der Waals surface area contributed by atoms with Gasteiger partial charge < -0.3 is 14.6 Å². The SMILES string of the molecule is COc1cc(C(C)=O)ccc1OCC(O)CSc1nnc(C)n1-c1cccc(C)c1. The molecule has 1 N–H and O–H groups in total. The molecule has 8 heteroatoms. The third-order valence-electron chi connectivity index (χ3n) is 4.46. The predicted molar refractivity (Wildman–Crippen MR) is 116 cm³/mol. The first-order valence-corrected chi connectivity index (χ1v) is 10.5. The van der Waals surface area contributed by atoms with Crippen molar-refractivity contribution in [2.75, 3.05) is 19.5 Å². The van der Waals surface area contributed by atoms with Crippen molar-refractivity contribution in [3.05, 3.63) is 59.4 Å². The van der Waals surface area contributed by atoms with E-state index >= 15 is 0 Å². The van der Waals surface area contributed by atoms with Gasteiger partial charge >= 0.3 is 0 Å². The zero-order valence-electron chi connectivity index (χ0n) is 17.5. The van der Waals surface area contributed by atoms with Crippen LogP contribution in [0.3, 0.4) is 0 Å². The van der Waals surface area contributed by atoms with Crippen molar-refractivity contribution in [1.82, 2.24) is 14.8 Å². The number of methoxy groups -OCH3 is 1. The molecule has 1 heterocycles. The number of aromatic nitrogens is 3. The Morgan fingerprint density at radius 1 is 1.17 bits per heavy atom. The molecule has 1 atom stereocenters. The maximum atomic E-state index is 11.5. The second-order valence-electron chi connectivity index (χ2n) is 6.90. The molecular weight excluding hydrogens is 402 g/mol. The fourth-order valence-corrected chi connectivity index (χ4v) is 3.81. The Kier molecular flexibility index (Phi) is 7.12. The van der Waals surface area contributed by atoms with Crippen molar-refractivity contribution in [2.24, 2.45) is 0 Å². The Morgan fingerprint density at radius 3 is 2.67 bits per heavy atom. The second-order valence-corrected chi connectivity index (χ2v) is 7.89. The van der Waals surface area contributed by atoms with Gasteiger partial charge in [-0.05, 0) is 56.7 Å². The molecule has 0 saturated heterocycles. The van der Waals surface area contributed by atoms with Crippen LogP contribution >= 0.6 is 11.8 Å². The van der Waals surface area contributed by atoms with Crippen LogP contribution in [0.5, 0.6) is 11.5 Å². The summed E-state index contributed by atoms with van der Waals surface area (Å²) < 4.78 is 13.0. The average molecular weight is 428 g/mol. The molecule has 1 unspecified atom stereocenters. The van der Waals surface area contributed by atoms with Crippen LogP contribution in [0.2, 0.25) is 0 Å². The first-order chi connectivity index (χ1) is 14.4. The highest BCUT2D eigenvalue weighted by atomic mass is 32.2. The van der Waals surface area contributed by atoms with Gasteiger partial charge in [-0.2, -0.15) is 0 Å². The third kappa shape index (κ3) is 5.20. The highest BCUT2D eigenvalue weighted by Crippen LogP contribution is 2.29. The number of nitrogens with zero attached hydrogens (tertiary/aromatic N) is 3. The fourth-order valence-electron chi connectivity index (χ4n) is 2.91. The van der Waals surface area contributed by atoms with Crippen LogP contribution in [0, 0.1) is 13.8 Å². The molecule has 1 aromatic heterocycles. The van der Waals surface area contributed by atoms with E-state index in [0.29, 0.717) is 28.0 Å². The minimum absolute atomic E-state index is 0.0516. The van der Waals surface area contributed by atoms with Gasteiger partial charge in [-0.25, -0.2) is 0 Å². The van der Waals surface area contributed by atoms with Crippen molar-refractivity contribution >= 4 is 17.5 Å². The van der Waals surface area contributed by atoms with Crippen LogP contribution in [0.4, 0.5) is 0 Å². The molecule has 2 aromatic carbocycles. The van der Waals surface area contributed by atoms with Crippen LogP contribution in [0.15, 0.2) is 47.6 Å². The monoisotopic (exact) mass is 427 g/mol. The summed E-state index contributed by atoms with van der Waals surface area (Å²) in [6.07, 6.45) is -0.727. The van der Waals surface area contributed by atoms with Gasteiger partial charge in [0.25, 0.3) is 0 Å². The highest BCUT2D eigenvalue weighted by molar-refractivity contribution is 7.99. The molecule has 0 aliphatic rings. The zero-order chi connectivity index (χ0) is 21.7. The smallest absolute Gasteiger partial charge is 0.195 e. The quantitative estimate of drug-likeness (QED) is 0.412. The minimum atomic E-state index is -0.727. The Morgan fingerprint density at radius 2 is 1.97 bits per heavy atom. The van der Waals surface area contributed by atoms with Gasteiger partial charge in [-0.15, -0.1) is 10.2 Å². The largest absolute Gasteiger partial charge is 0.493 e. The van der Waals surface area contributed by atoms with Crippen molar-refractivity contribution in [3.63, 3.8) is 0 Å². The summed E-state index contributed by atoms with van der Waals surface area (Å²) in [6.45, 7) is 5.51. The molecule has 30 heavy (non-hydrogen) atoms. The lowest BCUT2D eigenvalue weighted by Crippen LogP contribution is -2.20. The minimum Gasteiger partial charge on any atom is -0.493 e. The number of aryl methyl sites for hydroxylation is 2. The van der Waals surface area contributed by atoms with Crippen molar-refractivity contribution in [1.29, 1.82) is 0 Å². The van der Waals surface area contributed by atoms with Gasteiger partial charge in [0.1, 0.15) is 12.4 Å². The number of carbonyl (C=O) groups is 1. The second kappa shape index (κ2) is 9.77. The summed E-state index contributed by atoms with van der Waals surface area (Å²) in [7, 11) is 1.51. The molecule has 0 aliphatic heterocycles. The summed E-state index contributed by atoms with van der Waals surface area (Å²) in [6, 6.07) is 13.1. The van der Waals surface area contributed by atoms with E-state index < -0.39 is 6.10 Å². The number of ketones is 1. The number of aliphatic hydroxyl groups excluding tert-OH is 1. The average Bonchev–Trinajstić information content (AvgIpc) is 3.10. The van der Waals surface area contributed by atoms with Crippen LogP contribution in [0.1, 0.15) is 28.7 Å². The summed E-state index contributed by atoms with van der Waals surface area (Å²) in [4.78, 5) is 11.5.